The maximum absolute atomic E-state index is 13.1. The summed E-state index contributed by atoms with van der Waals surface area (Å²) in [6.07, 6.45) is -1.52. The number of nitrogens with zero attached hydrogens (tertiary/aromatic N) is 1. The fraction of sp³-hybridized carbons (Fsp3) is 0.0714. The van der Waals surface area contributed by atoms with Crippen molar-refractivity contribution in [3.63, 3.8) is 0 Å². The number of carbonyl (C=O) groups is 1. The van der Waals surface area contributed by atoms with Crippen molar-refractivity contribution in [2.45, 2.75) is 12.7 Å². The van der Waals surface area contributed by atoms with E-state index in [4.69, 9.17) is 0 Å². The van der Waals surface area contributed by atoms with Gasteiger partial charge >= 0.3 is 6.18 Å². The van der Waals surface area contributed by atoms with Gasteiger partial charge < -0.3 is 10.3 Å². The predicted octanol–water partition coefficient (Wildman–Crippen LogP) is 6.87. The molecule has 0 aliphatic rings. The van der Waals surface area contributed by atoms with Gasteiger partial charge in [0.15, 0.2) is 0 Å². The molecule has 0 aliphatic carbocycles. The summed E-state index contributed by atoms with van der Waals surface area (Å²) in [6.45, 7) is 0.107. The Hall–Kier alpha value is -4.46. The normalized spacial score (nSPS) is 12.0. The van der Waals surface area contributed by atoms with Gasteiger partial charge in [0.1, 0.15) is 5.82 Å². The van der Waals surface area contributed by atoms with E-state index < -0.39 is 11.7 Å². The molecule has 4 nitrogen and oxygen atoms in total. The first-order chi connectivity index (χ1) is 17.3. The molecule has 5 rings (SSSR count). The average Bonchev–Trinajstić information content (AvgIpc) is 3.25. The fourth-order valence-corrected chi connectivity index (χ4v) is 4.00. The maximum atomic E-state index is 13.1. The number of nitrogens with one attached hydrogen (secondary N) is 2. The Kier molecular flexibility index (Phi) is 6.01. The Morgan fingerprint density at radius 2 is 1.67 bits per heavy atom. The fourth-order valence-electron chi connectivity index (χ4n) is 4.00. The Labute approximate surface area is 203 Å². The third-order valence-corrected chi connectivity index (χ3v) is 5.78. The zero-order valence-electron chi connectivity index (χ0n) is 18.7. The van der Waals surface area contributed by atoms with Crippen LogP contribution in [0.3, 0.4) is 0 Å². The van der Waals surface area contributed by atoms with Gasteiger partial charge in [-0.1, -0.05) is 42.5 Å². The third kappa shape index (κ3) is 4.84. The highest BCUT2D eigenvalue weighted by Crippen LogP contribution is 2.35. The molecular weight excluding hydrogens is 470 g/mol. The first-order valence-corrected chi connectivity index (χ1v) is 11.1. The minimum Gasteiger partial charge on any atom is -0.353 e. The molecule has 0 bridgehead atoms. The summed E-state index contributed by atoms with van der Waals surface area (Å²) < 4.78 is 52.2. The molecule has 0 atom stereocenters. The summed E-state index contributed by atoms with van der Waals surface area (Å²) in [7, 11) is 0. The van der Waals surface area contributed by atoms with E-state index in [1.54, 1.807) is 18.2 Å². The number of aromatic amines is 1. The van der Waals surface area contributed by atoms with E-state index in [1.165, 1.54) is 30.3 Å². The van der Waals surface area contributed by atoms with Gasteiger partial charge in [-0.25, -0.2) is 9.37 Å². The summed E-state index contributed by atoms with van der Waals surface area (Å²) in [5, 5.41) is 4.56. The highest BCUT2D eigenvalue weighted by molar-refractivity contribution is 6.11. The van der Waals surface area contributed by atoms with E-state index in [2.05, 4.69) is 15.3 Å². The van der Waals surface area contributed by atoms with Crippen LogP contribution in [0.2, 0.25) is 0 Å². The van der Waals surface area contributed by atoms with Crippen molar-refractivity contribution >= 4 is 33.8 Å². The number of benzene rings is 3. The van der Waals surface area contributed by atoms with Gasteiger partial charge in [-0.2, -0.15) is 13.2 Å². The lowest BCUT2D eigenvalue weighted by Crippen LogP contribution is -2.21. The van der Waals surface area contributed by atoms with Gasteiger partial charge in [0.25, 0.3) is 0 Å². The number of fused-ring (bicyclic) bond motifs is 3. The lowest BCUT2D eigenvalue weighted by atomic mass is 10.0. The van der Waals surface area contributed by atoms with Crippen LogP contribution in [-0.4, -0.2) is 15.9 Å². The van der Waals surface area contributed by atoms with Gasteiger partial charge in [-0.05, 0) is 48.0 Å². The van der Waals surface area contributed by atoms with Crippen molar-refractivity contribution in [3.05, 3.63) is 108 Å². The van der Waals surface area contributed by atoms with Gasteiger partial charge in [0, 0.05) is 27.9 Å². The van der Waals surface area contributed by atoms with Crippen LogP contribution in [0.15, 0.2) is 84.9 Å². The molecule has 5 aromatic rings. The molecule has 1 amide bonds. The largest absolute Gasteiger partial charge is 0.416 e. The molecule has 0 unspecified atom stereocenters. The van der Waals surface area contributed by atoms with E-state index >= 15 is 0 Å². The number of carbonyl (C=O) groups excluding carboxylic acids is 1. The number of hydrogen-bond acceptors (Lipinski definition) is 2. The average molecular weight is 489 g/mol. The number of amides is 1. The molecule has 2 N–H and O–H groups in total. The van der Waals surface area contributed by atoms with Crippen LogP contribution in [0.4, 0.5) is 17.6 Å². The van der Waals surface area contributed by atoms with Gasteiger partial charge in [-0.3, -0.25) is 4.79 Å². The van der Waals surface area contributed by atoms with Crippen molar-refractivity contribution < 1.29 is 22.4 Å². The number of aromatic nitrogens is 2. The second-order valence-electron chi connectivity index (χ2n) is 8.23. The molecule has 2 heterocycles. The molecule has 8 heteroatoms. The number of H-pyrrole nitrogens is 1. The van der Waals surface area contributed by atoms with Crippen LogP contribution >= 0.6 is 0 Å². The molecule has 0 radical (unpaired) electrons. The van der Waals surface area contributed by atoms with E-state index in [1.807, 2.05) is 30.3 Å². The highest BCUT2D eigenvalue weighted by atomic mass is 19.4. The number of para-hydroxylation sites is 1. The Balaban J connectivity index is 1.47. The monoisotopic (exact) mass is 489 g/mol. The van der Waals surface area contributed by atoms with Crippen molar-refractivity contribution in [1.82, 2.24) is 15.3 Å². The molecule has 2 aromatic heterocycles. The van der Waals surface area contributed by atoms with Crippen LogP contribution in [0.5, 0.6) is 0 Å². The zero-order valence-corrected chi connectivity index (χ0v) is 18.7. The maximum Gasteiger partial charge on any atom is 0.416 e. The van der Waals surface area contributed by atoms with E-state index in [0.29, 0.717) is 28.0 Å². The zero-order chi connectivity index (χ0) is 25.3. The van der Waals surface area contributed by atoms with Crippen molar-refractivity contribution in [2.24, 2.45) is 0 Å². The molecule has 36 heavy (non-hydrogen) atoms. The summed E-state index contributed by atoms with van der Waals surface area (Å²) in [5.74, 6) is -0.726. The van der Waals surface area contributed by atoms with Gasteiger partial charge in [0.2, 0.25) is 5.91 Å². The summed E-state index contributed by atoms with van der Waals surface area (Å²) in [5.41, 5.74) is 3.05. The standard InChI is InChI=1S/C28H19F4N3O/c29-20-12-5-17(6-13-20)7-14-25(36)33-16-21-15-23-22-3-1-2-4-24(22)35-27(23)26(34-21)18-8-10-19(11-9-18)28(30,31)32/h1-15,35H,16H2,(H,33,36)/b14-7+. The molecule has 0 saturated heterocycles. The smallest absolute Gasteiger partial charge is 0.353 e. The molecular formula is C28H19F4N3O. The summed E-state index contributed by atoms with van der Waals surface area (Å²) in [4.78, 5) is 20.3. The van der Waals surface area contributed by atoms with Crippen LogP contribution in [0, 0.1) is 5.82 Å². The SMILES string of the molecule is O=C(/C=C/c1ccc(F)cc1)NCc1cc2c([nH]c3ccccc32)c(-c2ccc(C(F)(F)F)cc2)n1. The quantitative estimate of drug-likeness (QED) is 0.209. The number of hydrogen-bond donors (Lipinski definition) is 2. The molecule has 3 aromatic carbocycles. The third-order valence-electron chi connectivity index (χ3n) is 5.78. The second kappa shape index (κ2) is 9.30. The van der Waals surface area contributed by atoms with Crippen molar-refractivity contribution in [1.29, 1.82) is 0 Å². The van der Waals surface area contributed by atoms with Crippen molar-refractivity contribution in [3.8, 4) is 11.3 Å². The summed E-state index contributed by atoms with van der Waals surface area (Å²) in [6, 6.07) is 20.1. The van der Waals surface area contributed by atoms with E-state index in [-0.39, 0.29) is 18.3 Å². The molecule has 0 saturated carbocycles. The van der Waals surface area contributed by atoms with E-state index in [9.17, 15) is 22.4 Å². The Morgan fingerprint density at radius 3 is 2.39 bits per heavy atom. The minimum absolute atomic E-state index is 0.107. The lowest BCUT2D eigenvalue weighted by molar-refractivity contribution is -0.137. The first-order valence-electron chi connectivity index (χ1n) is 11.1. The van der Waals surface area contributed by atoms with E-state index in [0.717, 1.165) is 28.4 Å². The number of rotatable bonds is 5. The van der Waals surface area contributed by atoms with Crippen LogP contribution in [0.1, 0.15) is 16.8 Å². The van der Waals surface area contributed by atoms with Gasteiger partial charge in [0.05, 0.1) is 29.0 Å². The Bertz CT molecular complexity index is 1580. The van der Waals surface area contributed by atoms with Crippen LogP contribution in [-0.2, 0) is 17.5 Å². The van der Waals surface area contributed by atoms with Gasteiger partial charge in [-0.15, -0.1) is 0 Å². The highest BCUT2D eigenvalue weighted by Gasteiger charge is 2.30. The number of alkyl halides is 3. The summed E-state index contributed by atoms with van der Waals surface area (Å²) >= 11 is 0. The number of halogens is 4. The Morgan fingerprint density at radius 1 is 0.944 bits per heavy atom. The van der Waals surface area contributed by atoms with Crippen LogP contribution in [0.25, 0.3) is 39.1 Å². The minimum atomic E-state index is -4.43. The van der Waals surface area contributed by atoms with Crippen molar-refractivity contribution in [2.75, 3.05) is 0 Å². The topological polar surface area (TPSA) is 57.8 Å². The second-order valence-corrected chi connectivity index (χ2v) is 8.23. The molecule has 180 valence electrons. The lowest BCUT2D eigenvalue weighted by Gasteiger charge is -2.10. The predicted molar refractivity (Wildman–Crippen MR) is 131 cm³/mol. The molecule has 0 aliphatic heterocycles. The number of pyridine rings is 1. The molecule has 0 spiro atoms. The van der Waals surface area contributed by atoms with Crippen LogP contribution < -0.4 is 5.32 Å². The molecule has 0 fully saturated rings. The first kappa shape index (κ1) is 23.3.